The van der Waals surface area contributed by atoms with E-state index in [0.717, 1.165) is 39.6 Å². The van der Waals surface area contributed by atoms with Gasteiger partial charge in [-0.2, -0.15) is 0 Å². The maximum Gasteiger partial charge on any atom is 0.164 e. The topological polar surface area (TPSA) is 48.5 Å². The second-order valence-corrected chi connectivity index (χ2v) is 15.1. The van der Waals surface area contributed by atoms with Gasteiger partial charge in [0.25, 0.3) is 0 Å². The highest BCUT2D eigenvalue weighted by atomic mass is 15.0. The molecule has 58 heavy (non-hydrogen) atoms. The summed E-state index contributed by atoms with van der Waals surface area (Å²) in [5.41, 5.74) is 8.75. The molecule has 3 heterocycles. The number of hydrogen-bond donors (Lipinski definition) is 0. The Hall–Kier alpha value is -7.63. The second kappa shape index (κ2) is 13.0. The molecule has 8 aromatic carbocycles. The standard InChI is InChI=1S/C53H35N5/c1-3-16-35(17-4-1)51-54-52(36-28-30-48-44(33-36)41-23-11-13-25-45(41)57(48)37-18-5-2-6-19-37)56-53(55-51)42-29-32-47(40-22-10-9-21-39(40)42)58-46-26-14-12-24-43(46)50-38-20-8-7-15-34(38)27-31-49(50)58/h1-18,20-33,37H,19H2. The van der Waals surface area contributed by atoms with Crippen LogP contribution in [-0.4, -0.2) is 24.1 Å². The molecule has 0 spiro atoms. The molecular formula is C53H35N5. The fraction of sp³-hybridized carbons (Fsp3) is 0.0377. The average molecular weight is 742 g/mol. The molecule has 0 bridgehead atoms. The Balaban J connectivity index is 1.07. The summed E-state index contributed by atoms with van der Waals surface area (Å²) < 4.78 is 4.89. The van der Waals surface area contributed by atoms with E-state index in [9.17, 15) is 0 Å². The smallest absolute Gasteiger partial charge is 0.164 e. The van der Waals surface area contributed by atoms with Crippen LogP contribution >= 0.6 is 0 Å². The van der Waals surface area contributed by atoms with E-state index in [1.807, 2.05) is 18.2 Å². The maximum absolute atomic E-state index is 5.30. The number of rotatable bonds is 5. The second-order valence-electron chi connectivity index (χ2n) is 15.1. The normalized spacial score (nSPS) is 14.2. The third-order valence-corrected chi connectivity index (χ3v) is 11.9. The molecule has 272 valence electrons. The summed E-state index contributed by atoms with van der Waals surface area (Å²) in [7, 11) is 0. The SMILES string of the molecule is C1=CCC(n2c3ccccc3c3cc(-c4nc(-c5ccccc5)nc(-c5ccc(-n6c7ccccc7c7c8ccccc8ccc76)c6ccccc56)n4)ccc32)C=C1. The van der Waals surface area contributed by atoms with Gasteiger partial charge < -0.3 is 9.13 Å². The van der Waals surface area contributed by atoms with E-state index in [4.69, 9.17) is 15.0 Å². The minimum atomic E-state index is 0.254. The van der Waals surface area contributed by atoms with Crippen molar-refractivity contribution in [1.29, 1.82) is 0 Å². The molecule has 0 amide bonds. The van der Waals surface area contributed by atoms with Gasteiger partial charge in [-0.15, -0.1) is 0 Å². The molecule has 0 saturated heterocycles. The first-order chi connectivity index (χ1) is 28.8. The van der Waals surface area contributed by atoms with Gasteiger partial charge in [0.1, 0.15) is 0 Å². The number of benzene rings is 8. The molecule has 0 saturated carbocycles. The Morgan fingerprint density at radius 1 is 0.431 bits per heavy atom. The molecule has 0 aliphatic heterocycles. The first kappa shape index (κ1) is 32.6. The number of allylic oxidation sites excluding steroid dienone is 4. The lowest BCUT2D eigenvalue weighted by molar-refractivity contribution is 0.648. The van der Waals surface area contributed by atoms with Crippen LogP contribution in [0.2, 0.25) is 0 Å². The van der Waals surface area contributed by atoms with E-state index in [-0.39, 0.29) is 6.04 Å². The summed E-state index contributed by atoms with van der Waals surface area (Å²) in [6.07, 6.45) is 9.79. The molecule has 0 fully saturated rings. The Kier molecular flexibility index (Phi) is 7.29. The Morgan fingerprint density at radius 3 is 1.91 bits per heavy atom. The van der Waals surface area contributed by atoms with Crippen molar-refractivity contribution >= 4 is 65.2 Å². The van der Waals surface area contributed by atoms with Crippen LogP contribution in [0.15, 0.2) is 194 Å². The van der Waals surface area contributed by atoms with Crippen LogP contribution in [0.5, 0.6) is 0 Å². The molecule has 0 N–H and O–H groups in total. The zero-order valence-corrected chi connectivity index (χ0v) is 31.5. The van der Waals surface area contributed by atoms with E-state index in [1.54, 1.807) is 0 Å². The van der Waals surface area contributed by atoms with E-state index < -0.39 is 0 Å². The first-order valence-corrected chi connectivity index (χ1v) is 19.9. The zero-order chi connectivity index (χ0) is 38.2. The highest BCUT2D eigenvalue weighted by molar-refractivity contribution is 6.22. The number of fused-ring (bicyclic) bond motifs is 9. The van der Waals surface area contributed by atoms with Crippen LogP contribution in [0.25, 0.3) is 105 Å². The molecule has 12 rings (SSSR count). The predicted molar refractivity (Wildman–Crippen MR) is 240 cm³/mol. The molecule has 1 atom stereocenters. The van der Waals surface area contributed by atoms with Gasteiger partial charge >= 0.3 is 0 Å². The van der Waals surface area contributed by atoms with E-state index in [2.05, 4.69) is 185 Å². The zero-order valence-electron chi connectivity index (χ0n) is 31.5. The third kappa shape index (κ3) is 5.00. The maximum atomic E-state index is 5.30. The molecule has 5 nitrogen and oxygen atoms in total. The van der Waals surface area contributed by atoms with Gasteiger partial charge in [-0.25, -0.2) is 15.0 Å². The molecule has 3 aromatic heterocycles. The highest BCUT2D eigenvalue weighted by Crippen LogP contribution is 2.41. The molecule has 5 heteroatoms. The monoisotopic (exact) mass is 741 g/mol. The molecule has 1 unspecified atom stereocenters. The quantitative estimate of drug-likeness (QED) is 0.176. The van der Waals surface area contributed by atoms with Crippen molar-refractivity contribution in [2.75, 3.05) is 0 Å². The lowest BCUT2D eigenvalue weighted by atomic mass is 10.0. The summed E-state index contributed by atoms with van der Waals surface area (Å²) in [5.74, 6) is 1.93. The van der Waals surface area contributed by atoms with Crippen LogP contribution < -0.4 is 0 Å². The highest BCUT2D eigenvalue weighted by Gasteiger charge is 2.21. The van der Waals surface area contributed by atoms with Crippen LogP contribution in [0.3, 0.4) is 0 Å². The summed E-state index contributed by atoms with van der Waals surface area (Å²) in [5, 5.41) is 9.62. The van der Waals surface area contributed by atoms with Crippen molar-refractivity contribution in [3.63, 3.8) is 0 Å². The van der Waals surface area contributed by atoms with Crippen LogP contribution in [0, 0.1) is 0 Å². The van der Waals surface area contributed by atoms with Gasteiger partial charge in [0, 0.05) is 54.7 Å². The van der Waals surface area contributed by atoms with Crippen molar-refractivity contribution < 1.29 is 0 Å². The summed E-state index contributed by atoms with van der Waals surface area (Å²) in [6, 6.07) is 60.9. The van der Waals surface area contributed by atoms with Gasteiger partial charge in [0.15, 0.2) is 17.5 Å². The van der Waals surface area contributed by atoms with Crippen molar-refractivity contribution in [3.8, 4) is 39.9 Å². The fourth-order valence-electron chi connectivity index (χ4n) is 9.27. The molecular weight excluding hydrogens is 707 g/mol. The van der Waals surface area contributed by atoms with Crippen LogP contribution in [-0.2, 0) is 0 Å². The van der Waals surface area contributed by atoms with Gasteiger partial charge in [-0.3, -0.25) is 0 Å². The average Bonchev–Trinajstić information content (AvgIpc) is 3.82. The van der Waals surface area contributed by atoms with Crippen LogP contribution in [0.1, 0.15) is 12.5 Å². The summed E-state index contributed by atoms with van der Waals surface area (Å²) in [6.45, 7) is 0. The molecule has 11 aromatic rings. The van der Waals surface area contributed by atoms with Gasteiger partial charge in [0.2, 0.25) is 0 Å². The number of nitrogens with zero attached hydrogens (tertiary/aromatic N) is 5. The lowest BCUT2D eigenvalue weighted by Gasteiger charge is -2.18. The first-order valence-electron chi connectivity index (χ1n) is 19.9. The Morgan fingerprint density at radius 2 is 1.09 bits per heavy atom. The van der Waals surface area contributed by atoms with Crippen molar-refractivity contribution in [2.45, 2.75) is 12.5 Å². The fourth-order valence-corrected chi connectivity index (χ4v) is 9.27. The Labute approximate surface area is 334 Å². The largest absolute Gasteiger partial charge is 0.333 e. The van der Waals surface area contributed by atoms with E-state index in [1.165, 1.54) is 54.4 Å². The van der Waals surface area contributed by atoms with Gasteiger partial charge in [-0.1, -0.05) is 146 Å². The minimum absolute atomic E-state index is 0.254. The third-order valence-electron chi connectivity index (χ3n) is 11.9. The molecule has 0 radical (unpaired) electrons. The number of hydrogen-bond acceptors (Lipinski definition) is 3. The van der Waals surface area contributed by atoms with E-state index in [0.29, 0.717) is 17.5 Å². The summed E-state index contributed by atoms with van der Waals surface area (Å²) >= 11 is 0. The number of aromatic nitrogens is 5. The molecule has 1 aliphatic rings. The minimum Gasteiger partial charge on any atom is -0.333 e. The molecule has 1 aliphatic carbocycles. The van der Waals surface area contributed by atoms with Gasteiger partial charge in [-0.05, 0) is 71.1 Å². The van der Waals surface area contributed by atoms with Crippen molar-refractivity contribution in [2.24, 2.45) is 0 Å². The summed E-state index contributed by atoms with van der Waals surface area (Å²) in [4.78, 5) is 15.7. The predicted octanol–water partition coefficient (Wildman–Crippen LogP) is 13.4. The Bertz CT molecular complexity index is 3500. The lowest BCUT2D eigenvalue weighted by Crippen LogP contribution is -2.06. The number of para-hydroxylation sites is 2. The van der Waals surface area contributed by atoms with Gasteiger partial charge in [0.05, 0.1) is 22.8 Å². The van der Waals surface area contributed by atoms with E-state index >= 15 is 0 Å². The van der Waals surface area contributed by atoms with Crippen molar-refractivity contribution in [3.05, 3.63) is 194 Å². The van der Waals surface area contributed by atoms with Crippen molar-refractivity contribution in [1.82, 2.24) is 24.1 Å². The van der Waals surface area contributed by atoms with Crippen LogP contribution in [0.4, 0.5) is 0 Å².